The summed E-state index contributed by atoms with van der Waals surface area (Å²) < 4.78 is 2.14. The molecule has 0 amide bonds. The highest BCUT2D eigenvalue weighted by Gasteiger charge is 2.14. The van der Waals surface area contributed by atoms with Crippen LogP contribution in [-0.2, 0) is 6.42 Å². The number of hydrogen-bond acceptors (Lipinski definition) is 2. The van der Waals surface area contributed by atoms with Gasteiger partial charge in [-0.1, -0.05) is 20.8 Å². The van der Waals surface area contributed by atoms with Gasteiger partial charge in [0.2, 0.25) is 0 Å². The molecule has 1 aromatic heterocycles. The van der Waals surface area contributed by atoms with E-state index in [-0.39, 0.29) is 0 Å². The molecule has 0 aliphatic carbocycles. The van der Waals surface area contributed by atoms with Gasteiger partial charge in [-0.15, -0.1) is 0 Å². The zero-order valence-electron chi connectivity index (χ0n) is 12.6. The predicted molar refractivity (Wildman–Crippen MR) is 77.9 cm³/mol. The fraction of sp³-hybridized carbons (Fsp3) is 0.800. The fourth-order valence-corrected chi connectivity index (χ4v) is 2.31. The molecule has 1 aromatic rings. The molecular weight excluding hydrogens is 222 g/mol. The topological polar surface area (TPSA) is 29.9 Å². The monoisotopic (exact) mass is 251 g/mol. The molecule has 1 rings (SSSR count). The lowest BCUT2D eigenvalue weighted by atomic mass is 9.98. The lowest BCUT2D eigenvalue weighted by Gasteiger charge is -2.22. The molecule has 18 heavy (non-hydrogen) atoms. The van der Waals surface area contributed by atoms with Gasteiger partial charge in [0.25, 0.3) is 0 Å². The van der Waals surface area contributed by atoms with E-state index in [1.165, 1.54) is 18.5 Å². The fourth-order valence-electron chi connectivity index (χ4n) is 2.31. The van der Waals surface area contributed by atoms with E-state index >= 15 is 0 Å². The second kappa shape index (κ2) is 7.57. The highest BCUT2D eigenvalue weighted by molar-refractivity contribution is 5.02. The van der Waals surface area contributed by atoms with Crippen LogP contribution in [0.25, 0.3) is 0 Å². The molecule has 1 atom stereocenters. The predicted octanol–water partition coefficient (Wildman–Crippen LogP) is 3.42. The summed E-state index contributed by atoms with van der Waals surface area (Å²) in [7, 11) is 0. The molecule has 0 spiro atoms. The van der Waals surface area contributed by atoms with E-state index in [1.54, 1.807) is 0 Å². The van der Waals surface area contributed by atoms with Crippen LogP contribution in [0.5, 0.6) is 0 Å². The maximum absolute atomic E-state index is 4.40. The summed E-state index contributed by atoms with van der Waals surface area (Å²) >= 11 is 0. The van der Waals surface area contributed by atoms with Gasteiger partial charge in [-0.05, 0) is 51.6 Å². The molecule has 3 nitrogen and oxygen atoms in total. The first kappa shape index (κ1) is 15.2. The summed E-state index contributed by atoms with van der Waals surface area (Å²) in [5, 5.41) is 8.05. The molecule has 0 aliphatic rings. The van der Waals surface area contributed by atoms with E-state index in [0.717, 1.165) is 13.0 Å². The van der Waals surface area contributed by atoms with Crippen molar-refractivity contribution >= 4 is 0 Å². The van der Waals surface area contributed by atoms with Crippen LogP contribution in [0, 0.1) is 5.92 Å². The highest BCUT2D eigenvalue weighted by atomic mass is 15.3. The van der Waals surface area contributed by atoms with Crippen LogP contribution >= 0.6 is 0 Å². The number of rotatable bonds is 8. The van der Waals surface area contributed by atoms with Crippen molar-refractivity contribution in [2.45, 2.75) is 66.0 Å². The first-order valence-corrected chi connectivity index (χ1v) is 7.32. The second-order valence-corrected chi connectivity index (χ2v) is 5.70. The second-order valence-electron chi connectivity index (χ2n) is 5.70. The largest absolute Gasteiger partial charge is 0.314 e. The van der Waals surface area contributed by atoms with Crippen molar-refractivity contribution in [3.05, 3.63) is 18.0 Å². The van der Waals surface area contributed by atoms with Crippen LogP contribution in [0.4, 0.5) is 0 Å². The smallest absolute Gasteiger partial charge is 0.0492 e. The Labute approximate surface area is 112 Å². The molecule has 3 heteroatoms. The summed E-state index contributed by atoms with van der Waals surface area (Å²) in [5.41, 5.74) is 1.36. The molecule has 0 aliphatic heterocycles. The maximum Gasteiger partial charge on any atom is 0.0492 e. The normalized spacial score (nSPS) is 13.5. The van der Waals surface area contributed by atoms with Crippen molar-refractivity contribution in [1.82, 2.24) is 15.1 Å². The molecule has 0 aromatic carbocycles. The van der Waals surface area contributed by atoms with E-state index in [4.69, 9.17) is 0 Å². The van der Waals surface area contributed by atoms with Gasteiger partial charge in [0.1, 0.15) is 0 Å². The molecule has 0 bridgehead atoms. The third-order valence-electron chi connectivity index (χ3n) is 3.41. The third kappa shape index (κ3) is 4.45. The van der Waals surface area contributed by atoms with Gasteiger partial charge in [0, 0.05) is 24.0 Å². The van der Waals surface area contributed by atoms with Gasteiger partial charge in [0.15, 0.2) is 0 Å². The van der Waals surface area contributed by atoms with Gasteiger partial charge in [-0.3, -0.25) is 4.68 Å². The van der Waals surface area contributed by atoms with Crippen LogP contribution < -0.4 is 5.32 Å². The van der Waals surface area contributed by atoms with Gasteiger partial charge in [0.05, 0.1) is 0 Å². The zero-order chi connectivity index (χ0) is 13.5. The van der Waals surface area contributed by atoms with Crippen LogP contribution in [0.2, 0.25) is 0 Å². The first-order valence-electron chi connectivity index (χ1n) is 7.32. The molecule has 0 saturated carbocycles. The lowest BCUT2D eigenvalue weighted by Crippen LogP contribution is -2.35. The van der Waals surface area contributed by atoms with E-state index < -0.39 is 0 Å². The van der Waals surface area contributed by atoms with Crippen molar-refractivity contribution in [2.75, 3.05) is 6.54 Å². The van der Waals surface area contributed by atoms with Crippen LogP contribution in [0.15, 0.2) is 12.3 Å². The number of nitrogens with one attached hydrogen (secondary N) is 1. The van der Waals surface area contributed by atoms with E-state index in [0.29, 0.717) is 18.0 Å². The molecule has 1 N–H and O–H groups in total. The molecule has 0 fully saturated rings. The lowest BCUT2D eigenvalue weighted by molar-refractivity contribution is 0.372. The average Bonchev–Trinajstić information content (AvgIpc) is 2.77. The van der Waals surface area contributed by atoms with Crippen molar-refractivity contribution in [2.24, 2.45) is 5.92 Å². The number of hydrogen-bond donors (Lipinski definition) is 1. The van der Waals surface area contributed by atoms with Crippen molar-refractivity contribution < 1.29 is 0 Å². The Hall–Kier alpha value is -0.830. The summed E-state index contributed by atoms with van der Waals surface area (Å²) in [6.45, 7) is 12.3. The Morgan fingerprint density at radius 3 is 2.56 bits per heavy atom. The molecule has 104 valence electrons. The first-order chi connectivity index (χ1) is 8.56. The molecular formula is C15H29N3. The van der Waals surface area contributed by atoms with E-state index in [9.17, 15) is 0 Å². The molecule has 0 saturated heterocycles. The van der Waals surface area contributed by atoms with Crippen LogP contribution in [0.3, 0.4) is 0 Å². The van der Waals surface area contributed by atoms with Gasteiger partial charge in [-0.2, -0.15) is 5.10 Å². The van der Waals surface area contributed by atoms with Crippen molar-refractivity contribution in [3.63, 3.8) is 0 Å². The van der Waals surface area contributed by atoms with Crippen LogP contribution in [0.1, 0.15) is 59.2 Å². The summed E-state index contributed by atoms with van der Waals surface area (Å²) in [6.07, 6.45) is 5.42. The molecule has 1 heterocycles. The SMILES string of the molecule is CCCNC(CCc1ccnn1C(C)C)C(C)C. The Morgan fingerprint density at radius 1 is 1.28 bits per heavy atom. The summed E-state index contributed by atoms with van der Waals surface area (Å²) in [4.78, 5) is 0. The quantitative estimate of drug-likeness (QED) is 0.767. The summed E-state index contributed by atoms with van der Waals surface area (Å²) in [6, 6.07) is 3.22. The zero-order valence-corrected chi connectivity index (χ0v) is 12.6. The minimum Gasteiger partial charge on any atom is -0.314 e. The Morgan fingerprint density at radius 2 is 2.00 bits per heavy atom. The highest BCUT2D eigenvalue weighted by Crippen LogP contribution is 2.14. The Kier molecular flexibility index (Phi) is 6.41. The average molecular weight is 251 g/mol. The van der Waals surface area contributed by atoms with Gasteiger partial charge < -0.3 is 5.32 Å². The number of aryl methyl sites for hydroxylation is 1. The third-order valence-corrected chi connectivity index (χ3v) is 3.41. The van der Waals surface area contributed by atoms with E-state index in [1.807, 2.05) is 6.20 Å². The van der Waals surface area contributed by atoms with Gasteiger partial charge >= 0.3 is 0 Å². The number of nitrogens with zero attached hydrogens (tertiary/aromatic N) is 2. The van der Waals surface area contributed by atoms with Crippen LogP contribution in [-0.4, -0.2) is 22.4 Å². The Balaban J connectivity index is 2.53. The minimum atomic E-state index is 0.455. The minimum absolute atomic E-state index is 0.455. The molecule has 0 radical (unpaired) electrons. The van der Waals surface area contributed by atoms with E-state index in [2.05, 4.69) is 55.8 Å². The summed E-state index contributed by atoms with van der Waals surface area (Å²) in [5.74, 6) is 0.687. The number of aromatic nitrogens is 2. The maximum atomic E-state index is 4.40. The van der Waals surface area contributed by atoms with Gasteiger partial charge in [-0.25, -0.2) is 0 Å². The van der Waals surface area contributed by atoms with Crippen molar-refractivity contribution in [3.8, 4) is 0 Å². The van der Waals surface area contributed by atoms with Crippen molar-refractivity contribution in [1.29, 1.82) is 0 Å². The Bertz CT molecular complexity index is 328. The standard InChI is InChI=1S/C15H29N3/c1-6-10-16-15(12(2)3)8-7-14-9-11-17-18(14)13(4)5/h9,11-13,15-16H,6-8,10H2,1-5H3. The molecule has 1 unspecified atom stereocenters.